The molecule has 0 fully saturated rings. The summed E-state index contributed by atoms with van der Waals surface area (Å²) in [6.07, 6.45) is 21.8. The van der Waals surface area contributed by atoms with Gasteiger partial charge in [0.1, 0.15) is 4.88 Å². The van der Waals surface area contributed by atoms with Crippen molar-refractivity contribution in [2.24, 2.45) is 0 Å². The zero-order valence-corrected chi connectivity index (χ0v) is 14.9. The molecule has 0 aliphatic rings. The minimum Gasteiger partial charge on any atom is -0.477 e. The summed E-state index contributed by atoms with van der Waals surface area (Å²) < 4.78 is 0. The molecule has 126 valence electrons. The van der Waals surface area contributed by atoms with E-state index in [1.807, 2.05) is 6.08 Å². The molecule has 1 aromatic heterocycles. The van der Waals surface area contributed by atoms with Crippen LogP contribution >= 0.6 is 11.3 Å². The van der Waals surface area contributed by atoms with Gasteiger partial charge in [-0.05, 0) is 31.7 Å². The van der Waals surface area contributed by atoms with Crippen molar-refractivity contribution in [1.82, 2.24) is 0 Å². The molecule has 0 saturated heterocycles. The Morgan fingerprint density at radius 2 is 1.62 bits per heavy atom. The van der Waals surface area contributed by atoms with Gasteiger partial charge in [0.15, 0.2) is 0 Å². The minimum absolute atomic E-state index is 0.329. The van der Waals surface area contributed by atoms with Crippen LogP contribution in [0.4, 0.5) is 0 Å². The third kappa shape index (κ3) is 9.66. The highest BCUT2D eigenvalue weighted by molar-refractivity contribution is 7.12. The second kappa shape index (κ2) is 13.2. The van der Waals surface area contributed by atoms with Crippen LogP contribution in [0.25, 0.3) is 0 Å². The quantitative estimate of drug-likeness (QED) is 0.442. The maximum Gasteiger partial charge on any atom is 0.345 e. The van der Waals surface area contributed by atoms with E-state index in [-0.39, 0.29) is 0 Å². The van der Waals surface area contributed by atoms with E-state index in [4.69, 9.17) is 5.11 Å². The van der Waals surface area contributed by atoms with Crippen molar-refractivity contribution in [3.63, 3.8) is 0 Å². The Bertz CT molecular complexity index is 664. The van der Waals surface area contributed by atoms with Crippen LogP contribution in [0.1, 0.15) is 54.3 Å². The molecule has 0 radical (unpaired) electrons. The fraction of sp³-hybridized carbons (Fsp3) is 0.286. The van der Waals surface area contributed by atoms with Gasteiger partial charge in [0.2, 0.25) is 0 Å². The lowest BCUT2D eigenvalue weighted by molar-refractivity contribution is 0.0702. The molecule has 0 aromatic carbocycles. The number of carboxylic acids is 1. The third-order valence-electron chi connectivity index (χ3n) is 2.98. The monoisotopic (exact) mass is 340 g/mol. The molecule has 24 heavy (non-hydrogen) atoms. The van der Waals surface area contributed by atoms with Gasteiger partial charge in [0.05, 0.1) is 0 Å². The zero-order chi connectivity index (χ0) is 17.5. The topological polar surface area (TPSA) is 37.3 Å². The molecule has 1 N–H and O–H groups in total. The molecule has 0 aliphatic heterocycles. The predicted octanol–water partition coefficient (Wildman–Crippen LogP) is 5.99. The highest BCUT2D eigenvalue weighted by atomic mass is 32.1. The summed E-state index contributed by atoms with van der Waals surface area (Å²) >= 11 is 1.21. The summed E-state index contributed by atoms with van der Waals surface area (Å²) in [7, 11) is 0. The van der Waals surface area contributed by atoms with E-state index >= 15 is 0 Å². The second-order valence-electron chi connectivity index (χ2n) is 5.01. The average Bonchev–Trinajstić information content (AvgIpc) is 3.04. The van der Waals surface area contributed by atoms with Crippen LogP contribution in [-0.4, -0.2) is 11.1 Å². The molecule has 2 nitrogen and oxygen atoms in total. The van der Waals surface area contributed by atoms with Crippen LogP contribution in [0.15, 0.2) is 60.1 Å². The number of carboxylic acid groups (broad SMARTS) is 1. The van der Waals surface area contributed by atoms with Crippen molar-refractivity contribution in [1.29, 1.82) is 0 Å². The lowest BCUT2D eigenvalue weighted by Gasteiger charge is -1.84. The maximum atomic E-state index is 10.8. The molecule has 0 atom stereocenters. The first-order chi connectivity index (χ1) is 11.7. The van der Waals surface area contributed by atoms with E-state index in [1.165, 1.54) is 11.3 Å². The van der Waals surface area contributed by atoms with E-state index in [2.05, 4.69) is 61.3 Å². The van der Waals surface area contributed by atoms with Crippen LogP contribution in [0.5, 0.6) is 0 Å². The molecular formula is C21H24O2S. The van der Waals surface area contributed by atoms with Gasteiger partial charge in [0.25, 0.3) is 0 Å². The van der Waals surface area contributed by atoms with Gasteiger partial charge in [-0.15, -0.1) is 11.3 Å². The van der Waals surface area contributed by atoms with Crippen LogP contribution in [0, 0.1) is 11.8 Å². The smallest absolute Gasteiger partial charge is 0.345 e. The largest absolute Gasteiger partial charge is 0.477 e. The standard InChI is InChI=1S/C21H24O2S/c1-2-3-4-5-6-7-8-9-10-11-12-13-14-15-16-19-17-20(21(22)23)24-18-19/h3-4,6-7,9-10,12-13,17-18H,2,5,8,11,14H2,1H3,(H,22,23)/b4-3-,7-6-,10-9-,13-12-. The first-order valence-electron chi connectivity index (χ1n) is 8.14. The van der Waals surface area contributed by atoms with Crippen molar-refractivity contribution in [2.75, 3.05) is 0 Å². The minimum atomic E-state index is -0.896. The van der Waals surface area contributed by atoms with Gasteiger partial charge in [-0.2, -0.15) is 0 Å². The van der Waals surface area contributed by atoms with Crippen molar-refractivity contribution >= 4 is 17.3 Å². The van der Waals surface area contributed by atoms with Crippen molar-refractivity contribution in [3.8, 4) is 11.8 Å². The Kier molecular flexibility index (Phi) is 10.8. The Balaban J connectivity index is 2.15. The lowest BCUT2D eigenvalue weighted by Crippen LogP contribution is -1.89. The molecule has 0 unspecified atom stereocenters. The molecule has 1 aromatic rings. The molecule has 1 rings (SSSR count). The summed E-state index contributed by atoms with van der Waals surface area (Å²) in [5, 5.41) is 10.6. The first-order valence-corrected chi connectivity index (χ1v) is 9.02. The average molecular weight is 340 g/mol. The van der Waals surface area contributed by atoms with E-state index in [0.29, 0.717) is 11.3 Å². The summed E-state index contributed by atoms with van der Waals surface area (Å²) in [5.74, 6) is 5.10. The lowest BCUT2D eigenvalue weighted by atomic mass is 10.2. The predicted molar refractivity (Wildman–Crippen MR) is 103 cm³/mol. The number of allylic oxidation sites excluding steroid dienone is 8. The van der Waals surface area contributed by atoms with Crippen molar-refractivity contribution in [2.45, 2.75) is 39.0 Å². The summed E-state index contributed by atoms with van der Waals surface area (Å²) in [4.78, 5) is 11.1. The van der Waals surface area contributed by atoms with Gasteiger partial charge in [-0.3, -0.25) is 0 Å². The number of carbonyl (C=O) groups is 1. The van der Waals surface area contributed by atoms with Crippen LogP contribution in [0.2, 0.25) is 0 Å². The highest BCUT2D eigenvalue weighted by Crippen LogP contribution is 2.13. The first kappa shape index (κ1) is 19.7. The molecule has 0 bridgehead atoms. The normalized spacial score (nSPS) is 11.7. The number of hydrogen-bond donors (Lipinski definition) is 1. The maximum absolute atomic E-state index is 10.8. The molecule has 1 heterocycles. The van der Waals surface area contributed by atoms with Crippen LogP contribution in [-0.2, 0) is 0 Å². The van der Waals surface area contributed by atoms with Gasteiger partial charge in [-0.1, -0.05) is 67.4 Å². The number of hydrogen-bond acceptors (Lipinski definition) is 2. The summed E-state index contributed by atoms with van der Waals surface area (Å²) in [6.45, 7) is 2.14. The van der Waals surface area contributed by atoms with Gasteiger partial charge in [0, 0.05) is 17.4 Å². The van der Waals surface area contributed by atoms with Gasteiger partial charge in [-0.25, -0.2) is 4.79 Å². The summed E-state index contributed by atoms with van der Waals surface area (Å²) in [5.41, 5.74) is 0.770. The van der Waals surface area contributed by atoms with E-state index in [0.717, 1.165) is 31.2 Å². The molecule has 3 heteroatoms. The Hall–Kier alpha value is -2.31. The highest BCUT2D eigenvalue weighted by Gasteiger charge is 2.04. The molecule has 0 spiro atoms. The zero-order valence-electron chi connectivity index (χ0n) is 14.1. The second-order valence-corrected chi connectivity index (χ2v) is 5.92. The van der Waals surface area contributed by atoms with E-state index in [9.17, 15) is 4.79 Å². The number of aromatic carboxylic acids is 1. The number of thiophene rings is 1. The van der Waals surface area contributed by atoms with Gasteiger partial charge >= 0.3 is 5.97 Å². The Morgan fingerprint density at radius 3 is 2.17 bits per heavy atom. The molecule has 0 amide bonds. The Labute approximate surface area is 148 Å². The van der Waals surface area contributed by atoms with E-state index in [1.54, 1.807) is 11.4 Å². The van der Waals surface area contributed by atoms with Crippen LogP contribution in [0.3, 0.4) is 0 Å². The molecule has 0 saturated carbocycles. The van der Waals surface area contributed by atoms with E-state index < -0.39 is 5.97 Å². The number of rotatable bonds is 9. The fourth-order valence-corrected chi connectivity index (χ4v) is 2.47. The van der Waals surface area contributed by atoms with Crippen molar-refractivity contribution in [3.05, 3.63) is 70.5 Å². The van der Waals surface area contributed by atoms with Gasteiger partial charge < -0.3 is 5.11 Å². The van der Waals surface area contributed by atoms with Crippen LogP contribution < -0.4 is 0 Å². The third-order valence-corrected chi connectivity index (χ3v) is 3.90. The molecule has 0 aliphatic carbocycles. The fourth-order valence-electron chi connectivity index (χ4n) is 1.79. The Morgan fingerprint density at radius 1 is 1.04 bits per heavy atom. The SMILES string of the molecule is CC/C=C\C/C=C\C/C=C\C/C=C\CC#Cc1csc(C(=O)O)c1. The summed E-state index contributed by atoms with van der Waals surface area (Å²) in [6, 6.07) is 1.61. The molecular weight excluding hydrogens is 316 g/mol. The van der Waals surface area contributed by atoms with Crippen molar-refractivity contribution < 1.29 is 9.90 Å².